The largest absolute Gasteiger partial charge is 0.465 e. The summed E-state index contributed by atoms with van der Waals surface area (Å²) >= 11 is 4.87. The number of rotatable bonds is 5. The molecule has 3 rings (SSSR count). The van der Waals surface area contributed by atoms with Crippen molar-refractivity contribution >= 4 is 44.1 Å². The Morgan fingerprint density at radius 2 is 1.89 bits per heavy atom. The third-order valence-electron chi connectivity index (χ3n) is 4.60. The molecule has 2 N–H and O–H groups in total. The van der Waals surface area contributed by atoms with Crippen LogP contribution in [-0.2, 0) is 14.3 Å². The number of thiophene rings is 1. The van der Waals surface area contributed by atoms with Crippen LogP contribution in [0.1, 0.15) is 24.2 Å². The second-order valence-electron chi connectivity index (χ2n) is 6.95. The number of hydrogen-bond donors (Lipinski definition) is 2. The second kappa shape index (κ2) is 9.17. The predicted molar refractivity (Wildman–Crippen MR) is 113 cm³/mol. The van der Waals surface area contributed by atoms with E-state index in [1.165, 1.54) is 23.3 Å². The Kier molecular flexibility index (Phi) is 6.87. The van der Waals surface area contributed by atoms with Crippen LogP contribution in [-0.4, -0.2) is 50.8 Å². The van der Waals surface area contributed by atoms with Crippen molar-refractivity contribution in [1.82, 2.24) is 0 Å². The zero-order chi connectivity index (χ0) is 20.3. The van der Waals surface area contributed by atoms with Gasteiger partial charge in [0.2, 0.25) is 0 Å². The number of ether oxygens (including phenoxy) is 2. The molecule has 1 aromatic carbocycles. The molecule has 150 valence electrons. The molecule has 0 unspecified atom stereocenters. The number of carbonyl (C=O) groups is 2. The van der Waals surface area contributed by atoms with E-state index in [0.717, 1.165) is 28.0 Å². The molecule has 0 saturated carbocycles. The molecule has 0 radical (unpaired) electrons. The third kappa shape index (κ3) is 4.81. The smallest absolute Gasteiger partial charge is 0.341 e. The maximum absolute atomic E-state index is 12.7. The fourth-order valence-corrected chi connectivity index (χ4v) is 5.45. The summed E-state index contributed by atoms with van der Waals surface area (Å²) in [5.41, 5.74) is 1.99. The van der Waals surface area contributed by atoms with Crippen LogP contribution in [0.25, 0.3) is 11.1 Å². The fraction of sp³-hybridized carbons (Fsp3) is 0.400. The van der Waals surface area contributed by atoms with E-state index in [9.17, 15) is 9.59 Å². The number of carbonyl (C=O) groups excluding carboxylic acids is 2. The van der Waals surface area contributed by atoms with Crippen molar-refractivity contribution in [1.29, 1.82) is 0 Å². The summed E-state index contributed by atoms with van der Waals surface area (Å²) in [5.74, 6) is -0.605. The molecule has 1 aliphatic rings. The summed E-state index contributed by atoms with van der Waals surface area (Å²) in [6, 6.07) is 9.57. The highest BCUT2D eigenvalue weighted by Crippen LogP contribution is 2.43. The van der Waals surface area contributed by atoms with Gasteiger partial charge in [0, 0.05) is 5.56 Å². The minimum absolute atomic E-state index is 0.123. The summed E-state index contributed by atoms with van der Waals surface area (Å²) in [6.07, 6.45) is 0.246. The molecule has 28 heavy (non-hydrogen) atoms. The number of esters is 1. The second-order valence-corrected chi connectivity index (χ2v) is 9.29. The highest BCUT2D eigenvalue weighted by atomic mass is 79.9. The normalized spacial score (nSPS) is 21.9. The monoisotopic (exact) mass is 467 g/mol. The van der Waals surface area contributed by atoms with Crippen LogP contribution in [0, 0.1) is 0 Å². The van der Waals surface area contributed by atoms with Gasteiger partial charge >= 0.3 is 5.97 Å². The van der Waals surface area contributed by atoms with Crippen molar-refractivity contribution < 1.29 is 24.0 Å². The van der Waals surface area contributed by atoms with Crippen LogP contribution < -0.4 is 10.2 Å². The highest BCUT2D eigenvalue weighted by molar-refractivity contribution is 9.11. The Morgan fingerprint density at radius 1 is 1.25 bits per heavy atom. The molecule has 1 aliphatic heterocycles. The lowest BCUT2D eigenvalue weighted by Gasteiger charge is -2.31. The first-order chi connectivity index (χ1) is 13.4. The minimum atomic E-state index is -0.475. The maximum Gasteiger partial charge on any atom is 0.341 e. The van der Waals surface area contributed by atoms with E-state index in [1.54, 1.807) is 0 Å². The molecule has 2 atom stereocenters. The molecule has 0 spiro atoms. The van der Waals surface area contributed by atoms with Gasteiger partial charge in [0.15, 0.2) is 6.54 Å². The lowest BCUT2D eigenvalue weighted by Crippen LogP contribution is -3.16. The summed E-state index contributed by atoms with van der Waals surface area (Å²) in [6.45, 7) is 5.93. The van der Waals surface area contributed by atoms with Crippen molar-refractivity contribution in [2.45, 2.75) is 26.1 Å². The predicted octanol–water partition coefficient (Wildman–Crippen LogP) is 2.59. The Balaban J connectivity index is 1.83. The van der Waals surface area contributed by atoms with Gasteiger partial charge in [0.1, 0.15) is 35.9 Å². The number of nitrogens with one attached hydrogen (secondary N) is 2. The number of benzene rings is 1. The molecule has 1 fully saturated rings. The Labute approximate surface area is 176 Å². The average molecular weight is 468 g/mol. The van der Waals surface area contributed by atoms with Gasteiger partial charge in [-0.3, -0.25) is 4.79 Å². The average Bonchev–Trinajstić information content (AvgIpc) is 2.96. The topological polar surface area (TPSA) is 69.1 Å². The maximum atomic E-state index is 12.7. The summed E-state index contributed by atoms with van der Waals surface area (Å²) in [5, 5.41) is 3.42. The van der Waals surface area contributed by atoms with Gasteiger partial charge in [0.25, 0.3) is 5.91 Å². The zero-order valence-electron chi connectivity index (χ0n) is 16.1. The van der Waals surface area contributed by atoms with Crippen molar-refractivity contribution in [3.63, 3.8) is 0 Å². The zero-order valence-corrected chi connectivity index (χ0v) is 18.5. The molecule has 2 heterocycles. The summed E-state index contributed by atoms with van der Waals surface area (Å²) < 4.78 is 11.5. The van der Waals surface area contributed by atoms with E-state index in [4.69, 9.17) is 9.47 Å². The van der Waals surface area contributed by atoms with Gasteiger partial charge in [-0.05, 0) is 35.3 Å². The summed E-state index contributed by atoms with van der Waals surface area (Å²) in [4.78, 5) is 26.3. The lowest BCUT2D eigenvalue weighted by atomic mass is 10.0. The van der Waals surface area contributed by atoms with Gasteiger partial charge in [-0.1, -0.05) is 30.3 Å². The molecule has 1 amide bonds. The molecule has 1 saturated heterocycles. The quantitative estimate of drug-likeness (QED) is 0.663. The van der Waals surface area contributed by atoms with Crippen molar-refractivity contribution in [3.05, 3.63) is 39.7 Å². The summed E-state index contributed by atoms with van der Waals surface area (Å²) in [7, 11) is 1.34. The number of amides is 1. The van der Waals surface area contributed by atoms with Gasteiger partial charge in [-0.2, -0.15) is 0 Å². The van der Waals surface area contributed by atoms with Crippen LogP contribution in [0.15, 0.2) is 34.1 Å². The van der Waals surface area contributed by atoms with Crippen LogP contribution in [0.5, 0.6) is 0 Å². The Morgan fingerprint density at radius 3 is 2.50 bits per heavy atom. The SMILES string of the molecule is COC(=O)c1c(NC(=O)C[NH+]2C[C@H](C)O[C@@H](C)C2)sc(Br)c1-c1ccccc1. The first-order valence-electron chi connectivity index (χ1n) is 9.14. The van der Waals surface area contributed by atoms with Gasteiger partial charge in [0.05, 0.1) is 10.9 Å². The number of methoxy groups -OCH3 is 1. The number of morpholine rings is 1. The Bertz CT molecular complexity index is 845. The van der Waals surface area contributed by atoms with Gasteiger partial charge in [-0.15, -0.1) is 11.3 Å². The van der Waals surface area contributed by atoms with E-state index in [2.05, 4.69) is 21.2 Å². The molecule has 8 heteroatoms. The van der Waals surface area contributed by atoms with Gasteiger partial charge in [-0.25, -0.2) is 4.79 Å². The molecule has 6 nitrogen and oxygen atoms in total. The fourth-order valence-electron chi connectivity index (χ4n) is 3.58. The lowest BCUT2D eigenvalue weighted by molar-refractivity contribution is -0.907. The first-order valence-corrected chi connectivity index (χ1v) is 10.7. The molecule has 1 aromatic heterocycles. The van der Waals surface area contributed by atoms with Gasteiger partial charge < -0.3 is 19.7 Å². The van der Waals surface area contributed by atoms with Crippen molar-refractivity contribution in [2.75, 3.05) is 32.1 Å². The Hall–Kier alpha value is -1.74. The van der Waals surface area contributed by atoms with Crippen LogP contribution >= 0.6 is 27.3 Å². The number of hydrogen-bond acceptors (Lipinski definition) is 5. The van der Waals surface area contributed by atoms with Crippen LogP contribution in [0.4, 0.5) is 5.00 Å². The van der Waals surface area contributed by atoms with E-state index >= 15 is 0 Å². The molecule has 0 aliphatic carbocycles. The number of quaternary nitrogens is 1. The number of halogens is 1. The van der Waals surface area contributed by atoms with Crippen LogP contribution in [0.3, 0.4) is 0 Å². The standard InChI is InChI=1S/C20H23BrN2O4S/c1-12-9-23(10-13(2)27-12)11-15(24)22-19-17(20(25)26-3)16(18(21)28-19)14-7-5-4-6-8-14/h4-8,12-13H,9-11H2,1-3H3,(H,22,24)/p+1/t12-,13-/m0/s1. The van der Waals surface area contributed by atoms with E-state index < -0.39 is 5.97 Å². The van der Waals surface area contributed by atoms with E-state index in [-0.39, 0.29) is 18.1 Å². The first kappa shape index (κ1) is 21.0. The minimum Gasteiger partial charge on any atom is -0.465 e. The highest BCUT2D eigenvalue weighted by Gasteiger charge is 2.29. The van der Waals surface area contributed by atoms with Crippen LogP contribution in [0.2, 0.25) is 0 Å². The molecular formula is C20H24BrN2O4S+. The third-order valence-corrected chi connectivity index (χ3v) is 6.37. The van der Waals surface area contributed by atoms with E-state index in [1.807, 2.05) is 44.2 Å². The number of anilines is 1. The van der Waals surface area contributed by atoms with Crippen molar-refractivity contribution in [3.8, 4) is 11.1 Å². The molecular weight excluding hydrogens is 444 g/mol. The van der Waals surface area contributed by atoms with Crippen molar-refractivity contribution in [2.24, 2.45) is 0 Å². The molecule has 2 aromatic rings. The van der Waals surface area contributed by atoms with E-state index in [0.29, 0.717) is 17.1 Å². The molecule has 0 bridgehead atoms.